The molecule has 1 aliphatic rings. The van der Waals surface area contributed by atoms with E-state index in [4.69, 9.17) is 10.5 Å². The molecule has 0 radical (unpaired) electrons. The number of nitrogens with zero attached hydrogens (tertiary/aromatic N) is 3. The first kappa shape index (κ1) is 13.7. The van der Waals surface area contributed by atoms with Crippen LogP contribution in [-0.4, -0.2) is 39.9 Å². The third-order valence-corrected chi connectivity index (χ3v) is 3.78. The molecule has 1 fully saturated rings. The second-order valence-corrected chi connectivity index (χ2v) is 5.35. The topological polar surface area (TPSA) is 95.1 Å². The molecule has 0 aromatic carbocycles. The summed E-state index contributed by atoms with van der Waals surface area (Å²) in [4.78, 5) is 16.6. The Morgan fingerprint density at radius 1 is 1.57 bits per heavy atom. The van der Waals surface area contributed by atoms with Gasteiger partial charge >= 0.3 is 0 Å². The summed E-state index contributed by atoms with van der Waals surface area (Å²) in [6.07, 6.45) is 5.08. The molecule has 1 amide bonds. The number of aromatic nitrogens is 3. The Labute approximate surface area is 122 Å². The number of carbonyl (C=O) groups is 1. The van der Waals surface area contributed by atoms with Crippen molar-refractivity contribution < 1.29 is 9.53 Å². The molecule has 0 spiro atoms. The summed E-state index contributed by atoms with van der Waals surface area (Å²) in [6.45, 7) is 2.55. The number of nitrogens with two attached hydrogens (primary N) is 1. The summed E-state index contributed by atoms with van der Waals surface area (Å²) in [7, 11) is 0. The van der Waals surface area contributed by atoms with Crippen molar-refractivity contribution in [3.63, 3.8) is 0 Å². The number of carbonyl (C=O) groups excluding carboxylic acids is 1. The summed E-state index contributed by atoms with van der Waals surface area (Å²) >= 11 is 0. The van der Waals surface area contributed by atoms with Crippen LogP contribution in [0, 0.1) is 5.41 Å². The number of hydrogen-bond acceptors (Lipinski definition) is 5. The van der Waals surface area contributed by atoms with Crippen LogP contribution < -0.4 is 11.1 Å². The zero-order valence-corrected chi connectivity index (χ0v) is 11.7. The van der Waals surface area contributed by atoms with Gasteiger partial charge in [0.1, 0.15) is 0 Å². The maximum atomic E-state index is 12.3. The average Bonchev–Trinajstić information content (AvgIpc) is 3.12. The van der Waals surface area contributed by atoms with E-state index in [2.05, 4.69) is 15.4 Å². The minimum absolute atomic E-state index is 0.152. The first-order valence-corrected chi connectivity index (χ1v) is 6.70. The Balaban J connectivity index is 1.72. The van der Waals surface area contributed by atoms with Crippen molar-refractivity contribution in [1.82, 2.24) is 14.8 Å². The molecule has 3 rings (SSSR count). The predicted molar refractivity (Wildman–Crippen MR) is 76.9 cm³/mol. The predicted octanol–water partition coefficient (Wildman–Crippen LogP) is 0.570. The van der Waals surface area contributed by atoms with E-state index in [1.54, 1.807) is 35.4 Å². The molecule has 3 heterocycles. The van der Waals surface area contributed by atoms with Gasteiger partial charge in [-0.05, 0) is 25.1 Å². The fraction of sp³-hybridized carbons (Fsp3) is 0.357. The third-order valence-electron chi connectivity index (χ3n) is 3.78. The van der Waals surface area contributed by atoms with Crippen LogP contribution in [0.25, 0.3) is 5.82 Å². The van der Waals surface area contributed by atoms with Gasteiger partial charge in [-0.1, -0.05) is 0 Å². The summed E-state index contributed by atoms with van der Waals surface area (Å²) < 4.78 is 6.93. The molecule has 0 bridgehead atoms. The Kier molecular flexibility index (Phi) is 3.44. The van der Waals surface area contributed by atoms with Gasteiger partial charge in [0, 0.05) is 18.4 Å². The second kappa shape index (κ2) is 5.27. The van der Waals surface area contributed by atoms with Crippen molar-refractivity contribution >= 4 is 11.6 Å². The molecule has 3 N–H and O–H groups in total. The van der Waals surface area contributed by atoms with Gasteiger partial charge < -0.3 is 15.8 Å². The van der Waals surface area contributed by atoms with Crippen molar-refractivity contribution in [2.75, 3.05) is 18.5 Å². The number of ether oxygens (including phenoxy) is 1. The number of anilines is 1. The summed E-state index contributed by atoms with van der Waals surface area (Å²) in [5, 5.41) is 6.93. The number of pyridine rings is 1. The van der Waals surface area contributed by atoms with Gasteiger partial charge in [0.25, 0.3) is 0 Å². The van der Waals surface area contributed by atoms with Crippen LogP contribution >= 0.6 is 0 Å². The maximum absolute atomic E-state index is 12.3. The Morgan fingerprint density at radius 3 is 3.00 bits per heavy atom. The zero-order valence-electron chi connectivity index (χ0n) is 11.7. The summed E-state index contributed by atoms with van der Waals surface area (Å²) in [5.74, 6) is 0.534. The van der Waals surface area contributed by atoms with Gasteiger partial charge in [-0.25, -0.2) is 9.67 Å². The molecule has 0 saturated carbocycles. The highest BCUT2D eigenvalue weighted by Gasteiger charge is 2.44. The van der Waals surface area contributed by atoms with Crippen LogP contribution in [0.15, 0.2) is 36.8 Å². The van der Waals surface area contributed by atoms with Crippen LogP contribution in [0.3, 0.4) is 0 Å². The Morgan fingerprint density at radius 2 is 2.43 bits per heavy atom. The minimum atomic E-state index is -0.708. The molecule has 1 saturated heterocycles. The number of hydrogen-bond donors (Lipinski definition) is 2. The Hall–Kier alpha value is -2.25. The van der Waals surface area contributed by atoms with E-state index >= 15 is 0 Å². The summed E-state index contributed by atoms with van der Waals surface area (Å²) in [6, 6.07) is 5.09. The molecule has 2 aromatic rings. The highest BCUT2D eigenvalue weighted by atomic mass is 16.5. The zero-order chi connectivity index (χ0) is 14.9. The monoisotopic (exact) mass is 287 g/mol. The minimum Gasteiger partial charge on any atom is -0.379 e. The van der Waals surface area contributed by atoms with Gasteiger partial charge in [0.05, 0.1) is 30.5 Å². The molecule has 7 heteroatoms. The van der Waals surface area contributed by atoms with Crippen LogP contribution in [0.4, 0.5) is 5.69 Å². The van der Waals surface area contributed by atoms with Crippen molar-refractivity contribution in [2.24, 2.45) is 11.1 Å². The fourth-order valence-electron chi connectivity index (χ4n) is 2.20. The molecule has 0 aliphatic carbocycles. The van der Waals surface area contributed by atoms with Crippen LogP contribution in [-0.2, 0) is 9.53 Å². The van der Waals surface area contributed by atoms with Crippen LogP contribution in [0.1, 0.15) is 6.92 Å². The van der Waals surface area contributed by atoms with Gasteiger partial charge in [-0.2, -0.15) is 5.10 Å². The lowest BCUT2D eigenvalue weighted by molar-refractivity contribution is -0.125. The molecular weight excluding hydrogens is 270 g/mol. The van der Waals surface area contributed by atoms with Crippen molar-refractivity contribution in [2.45, 2.75) is 13.0 Å². The molecule has 2 unspecified atom stereocenters. The number of nitrogens with one attached hydrogen (secondary N) is 1. The SMILES string of the molecule is CC1(C(=O)Nc2ccc(-n3cccn3)nc2)COCC1N. The fourth-order valence-corrected chi connectivity index (χ4v) is 2.20. The average molecular weight is 287 g/mol. The van der Waals surface area contributed by atoms with Crippen LogP contribution in [0.2, 0.25) is 0 Å². The first-order chi connectivity index (χ1) is 10.1. The molecule has 2 atom stereocenters. The normalized spacial score (nSPS) is 25.0. The highest BCUT2D eigenvalue weighted by Crippen LogP contribution is 2.28. The van der Waals surface area contributed by atoms with E-state index in [-0.39, 0.29) is 11.9 Å². The van der Waals surface area contributed by atoms with E-state index in [1.165, 1.54) is 0 Å². The lowest BCUT2D eigenvalue weighted by atomic mass is 9.85. The van der Waals surface area contributed by atoms with Crippen molar-refractivity contribution in [3.8, 4) is 5.82 Å². The van der Waals surface area contributed by atoms with E-state index in [0.717, 1.165) is 0 Å². The number of rotatable bonds is 3. The van der Waals surface area contributed by atoms with Gasteiger partial charge in [-0.3, -0.25) is 4.79 Å². The van der Waals surface area contributed by atoms with E-state index in [9.17, 15) is 4.79 Å². The van der Waals surface area contributed by atoms with E-state index in [0.29, 0.717) is 24.7 Å². The molecule has 21 heavy (non-hydrogen) atoms. The lowest BCUT2D eigenvalue weighted by Crippen LogP contribution is -2.47. The van der Waals surface area contributed by atoms with E-state index < -0.39 is 5.41 Å². The molecular formula is C14H17N5O2. The Bertz CT molecular complexity index is 625. The largest absolute Gasteiger partial charge is 0.379 e. The highest BCUT2D eigenvalue weighted by molar-refractivity contribution is 5.95. The van der Waals surface area contributed by atoms with Crippen molar-refractivity contribution in [1.29, 1.82) is 0 Å². The molecule has 1 aliphatic heterocycles. The van der Waals surface area contributed by atoms with E-state index in [1.807, 2.05) is 13.0 Å². The summed E-state index contributed by atoms with van der Waals surface area (Å²) in [5.41, 5.74) is 5.86. The second-order valence-electron chi connectivity index (χ2n) is 5.35. The quantitative estimate of drug-likeness (QED) is 0.860. The smallest absolute Gasteiger partial charge is 0.234 e. The van der Waals surface area contributed by atoms with Gasteiger partial charge in [-0.15, -0.1) is 0 Å². The van der Waals surface area contributed by atoms with Gasteiger partial charge in [0.15, 0.2) is 5.82 Å². The number of amides is 1. The van der Waals surface area contributed by atoms with Crippen LogP contribution in [0.5, 0.6) is 0 Å². The van der Waals surface area contributed by atoms with Crippen molar-refractivity contribution in [3.05, 3.63) is 36.8 Å². The third kappa shape index (κ3) is 2.53. The maximum Gasteiger partial charge on any atom is 0.234 e. The first-order valence-electron chi connectivity index (χ1n) is 6.70. The lowest BCUT2D eigenvalue weighted by Gasteiger charge is -2.25. The molecule has 7 nitrogen and oxygen atoms in total. The molecule has 110 valence electrons. The standard InChI is InChI=1S/C14H17N5O2/c1-14(9-21-8-11(14)15)13(20)18-10-3-4-12(16-7-10)19-6-2-5-17-19/h2-7,11H,8-9,15H2,1H3,(H,18,20). The molecule has 2 aromatic heterocycles. The van der Waals surface area contributed by atoms with Gasteiger partial charge in [0.2, 0.25) is 5.91 Å².